The van der Waals surface area contributed by atoms with Gasteiger partial charge in [0, 0.05) is 15.7 Å². The molecule has 0 amide bonds. The standard InChI is InChI=1S/C9H8IN3S/c10-7-4-2-1-3-6(7)9-13-12-8(5-11)14-9/h1-4H,5,11H2. The van der Waals surface area contributed by atoms with E-state index in [0.29, 0.717) is 6.54 Å². The van der Waals surface area contributed by atoms with Gasteiger partial charge in [0.05, 0.1) is 0 Å². The van der Waals surface area contributed by atoms with Gasteiger partial charge in [0.1, 0.15) is 10.0 Å². The zero-order valence-electron chi connectivity index (χ0n) is 7.27. The molecule has 0 spiro atoms. The van der Waals surface area contributed by atoms with Crippen LogP contribution in [-0.2, 0) is 6.54 Å². The minimum Gasteiger partial charge on any atom is -0.324 e. The Hall–Kier alpha value is -0.530. The monoisotopic (exact) mass is 317 g/mol. The van der Waals surface area contributed by atoms with Crippen molar-refractivity contribution < 1.29 is 0 Å². The normalized spacial score (nSPS) is 10.4. The molecule has 0 unspecified atom stereocenters. The first-order valence-corrected chi connectivity index (χ1v) is 5.98. The van der Waals surface area contributed by atoms with Crippen LogP contribution in [0.15, 0.2) is 24.3 Å². The van der Waals surface area contributed by atoms with Gasteiger partial charge in [-0.1, -0.05) is 29.5 Å². The van der Waals surface area contributed by atoms with Gasteiger partial charge in [0.2, 0.25) is 0 Å². The minimum atomic E-state index is 0.459. The number of hydrogen-bond acceptors (Lipinski definition) is 4. The fraction of sp³-hybridized carbons (Fsp3) is 0.111. The molecule has 0 saturated carbocycles. The van der Waals surface area contributed by atoms with Crippen LogP contribution in [0, 0.1) is 3.57 Å². The fourth-order valence-electron chi connectivity index (χ4n) is 1.08. The molecule has 5 heteroatoms. The van der Waals surface area contributed by atoms with Crippen molar-refractivity contribution in [2.75, 3.05) is 0 Å². The van der Waals surface area contributed by atoms with Gasteiger partial charge in [0.15, 0.2) is 0 Å². The SMILES string of the molecule is NCc1nnc(-c2ccccc2I)s1. The van der Waals surface area contributed by atoms with E-state index < -0.39 is 0 Å². The Balaban J connectivity index is 2.44. The summed E-state index contributed by atoms with van der Waals surface area (Å²) in [6.07, 6.45) is 0. The number of halogens is 1. The highest BCUT2D eigenvalue weighted by Gasteiger charge is 2.07. The van der Waals surface area contributed by atoms with E-state index in [1.807, 2.05) is 18.2 Å². The third-order valence-corrected chi connectivity index (χ3v) is 3.67. The van der Waals surface area contributed by atoms with Gasteiger partial charge in [0.25, 0.3) is 0 Å². The molecule has 0 aliphatic carbocycles. The lowest BCUT2D eigenvalue weighted by Crippen LogP contribution is -1.94. The summed E-state index contributed by atoms with van der Waals surface area (Å²) in [5, 5.41) is 9.91. The van der Waals surface area contributed by atoms with Gasteiger partial charge in [-0.15, -0.1) is 10.2 Å². The van der Waals surface area contributed by atoms with Gasteiger partial charge in [-0.2, -0.15) is 0 Å². The number of nitrogens with zero attached hydrogens (tertiary/aromatic N) is 2. The predicted molar refractivity (Wildman–Crippen MR) is 66.0 cm³/mol. The third-order valence-electron chi connectivity index (χ3n) is 1.75. The third kappa shape index (κ3) is 1.94. The van der Waals surface area contributed by atoms with Crippen LogP contribution in [0.25, 0.3) is 10.6 Å². The fourth-order valence-corrected chi connectivity index (χ4v) is 2.66. The number of nitrogens with two attached hydrogens (primary N) is 1. The van der Waals surface area contributed by atoms with Crippen molar-refractivity contribution in [1.82, 2.24) is 10.2 Å². The van der Waals surface area contributed by atoms with Gasteiger partial charge in [-0.25, -0.2) is 0 Å². The summed E-state index contributed by atoms with van der Waals surface area (Å²) in [6, 6.07) is 8.11. The molecule has 1 heterocycles. The molecule has 1 aromatic heterocycles. The summed E-state index contributed by atoms with van der Waals surface area (Å²) in [5.74, 6) is 0. The number of benzene rings is 1. The van der Waals surface area contributed by atoms with E-state index in [-0.39, 0.29) is 0 Å². The molecule has 0 radical (unpaired) electrons. The van der Waals surface area contributed by atoms with Gasteiger partial charge in [-0.05, 0) is 28.7 Å². The highest BCUT2D eigenvalue weighted by molar-refractivity contribution is 14.1. The van der Waals surface area contributed by atoms with Crippen LogP contribution in [0.3, 0.4) is 0 Å². The van der Waals surface area contributed by atoms with Crippen LogP contribution in [0.5, 0.6) is 0 Å². The molecule has 2 aromatic rings. The smallest absolute Gasteiger partial charge is 0.148 e. The molecule has 0 atom stereocenters. The lowest BCUT2D eigenvalue weighted by atomic mass is 10.2. The molecule has 14 heavy (non-hydrogen) atoms. The molecular formula is C9H8IN3S. The van der Waals surface area contributed by atoms with Crippen LogP contribution in [0.1, 0.15) is 5.01 Å². The Morgan fingerprint density at radius 3 is 2.71 bits per heavy atom. The maximum absolute atomic E-state index is 5.49. The van der Waals surface area contributed by atoms with Gasteiger partial charge >= 0.3 is 0 Å². The molecule has 0 saturated heterocycles. The highest BCUT2D eigenvalue weighted by Crippen LogP contribution is 2.27. The largest absolute Gasteiger partial charge is 0.324 e. The molecule has 3 nitrogen and oxygen atoms in total. The summed E-state index contributed by atoms with van der Waals surface area (Å²) in [7, 11) is 0. The van der Waals surface area contributed by atoms with E-state index in [1.165, 1.54) is 3.57 Å². The number of hydrogen-bond donors (Lipinski definition) is 1. The highest BCUT2D eigenvalue weighted by atomic mass is 127. The Morgan fingerprint density at radius 1 is 1.29 bits per heavy atom. The van der Waals surface area contributed by atoms with E-state index in [9.17, 15) is 0 Å². The van der Waals surface area contributed by atoms with Crippen LogP contribution >= 0.6 is 33.9 Å². The zero-order chi connectivity index (χ0) is 9.97. The molecule has 2 N–H and O–H groups in total. The molecule has 72 valence electrons. The molecule has 1 aromatic carbocycles. The number of rotatable bonds is 2. The molecular weight excluding hydrogens is 309 g/mol. The van der Waals surface area contributed by atoms with E-state index in [4.69, 9.17) is 5.73 Å². The zero-order valence-corrected chi connectivity index (χ0v) is 10.2. The van der Waals surface area contributed by atoms with Crippen LogP contribution < -0.4 is 5.73 Å². The van der Waals surface area contributed by atoms with Crippen molar-refractivity contribution in [2.24, 2.45) is 5.73 Å². The summed E-state index contributed by atoms with van der Waals surface area (Å²) >= 11 is 3.84. The van der Waals surface area contributed by atoms with Crippen molar-refractivity contribution in [3.8, 4) is 10.6 Å². The Morgan fingerprint density at radius 2 is 2.07 bits per heavy atom. The molecule has 0 aliphatic heterocycles. The first kappa shape index (κ1) is 10.0. The van der Waals surface area contributed by atoms with Crippen LogP contribution in [0.4, 0.5) is 0 Å². The summed E-state index contributed by atoms with van der Waals surface area (Å²) in [4.78, 5) is 0. The van der Waals surface area contributed by atoms with Crippen molar-refractivity contribution in [1.29, 1.82) is 0 Å². The van der Waals surface area contributed by atoms with E-state index >= 15 is 0 Å². The van der Waals surface area contributed by atoms with E-state index in [1.54, 1.807) is 11.3 Å². The second kappa shape index (κ2) is 4.33. The lowest BCUT2D eigenvalue weighted by Gasteiger charge is -1.97. The second-order valence-electron chi connectivity index (χ2n) is 2.68. The Bertz CT molecular complexity index is 441. The maximum atomic E-state index is 5.49. The molecule has 2 rings (SSSR count). The lowest BCUT2D eigenvalue weighted by molar-refractivity contribution is 0.960. The predicted octanol–water partition coefficient (Wildman–Crippen LogP) is 2.27. The quantitative estimate of drug-likeness (QED) is 0.865. The summed E-state index contributed by atoms with van der Waals surface area (Å²) < 4.78 is 1.19. The first-order valence-electron chi connectivity index (χ1n) is 4.08. The first-order chi connectivity index (χ1) is 6.81. The maximum Gasteiger partial charge on any atom is 0.148 e. The topological polar surface area (TPSA) is 51.8 Å². The summed E-state index contributed by atoms with van der Waals surface area (Å²) in [5.41, 5.74) is 6.62. The van der Waals surface area contributed by atoms with E-state index in [2.05, 4.69) is 38.9 Å². The average Bonchev–Trinajstić information content (AvgIpc) is 2.67. The Kier molecular flexibility index (Phi) is 3.09. The van der Waals surface area contributed by atoms with Gasteiger partial charge in [-0.3, -0.25) is 0 Å². The van der Waals surface area contributed by atoms with Crippen molar-refractivity contribution >= 4 is 33.9 Å². The summed E-state index contributed by atoms with van der Waals surface area (Å²) in [6.45, 7) is 0.459. The minimum absolute atomic E-state index is 0.459. The molecule has 0 bridgehead atoms. The Labute approximate surface area is 99.5 Å². The average molecular weight is 317 g/mol. The number of aromatic nitrogens is 2. The molecule has 0 fully saturated rings. The molecule has 0 aliphatic rings. The van der Waals surface area contributed by atoms with Crippen LogP contribution in [-0.4, -0.2) is 10.2 Å². The van der Waals surface area contributed by atoms with E-state index in [0.717, 1.165) is 15.6 Å². The van der Waals surface area contributed by atoms with Crippen LogP contribution in [0.2, 0.25) is 0 Å². The van der Waals surface area contributed by atoms with Crippen molar-refractivity contribution in [2.45, 2.75) is 6.54 Å². The second-order valence-corrected chi connectivity index (χ2v) is 4.91. The van der Waals surface area contributed by atoms with Crippen molar-refractivity contribution in [3.05, 3.63) is 32.8 Å². The van der Waals surface area contributed by atoms with Crippen molar-refractivity contribution in [3.63, 3.8) is 0 Å². The van der Waals surface area contributed by atoms with Gasteiger partial charge < -0.3 is 5.73 Å².